The third-order valence-electron chi connectivity index (χ3n) is 2.67. The fourth-order valence-corrected chi connectivity index (χ4v) is 2.59. The Morgan fingerprint density at radius 3 is 2.81 bits per heavy atom. The minimum Gasteiger partial charge on any atom is -0.378 e. The summed E-state index contributed by atoms with van der Waals surface area (Å²) in [6, 6.07) is 0. The highest BCUT2D eigenvalue weighted by Crippen LogP contribution is 2.10. The van der Waals surface area contributed by atoms with Crippen LogP contribution >= 0.6 is 28.7 Å². The maximum atomic E-state index is 4.34. The molecule has 0 spiro atoms. The third-order valence-corrected chi connectivity index (χ3v) is 3.57. The van der Waals surface area contributed by atoms with Gasteiger partial charge in [-0.2, -0.15) is 0 Å². The summed E-state index contributed by atoms with van der Waals surface area (Å²) in [4.78, 5) is 6.77. The Hall–Kier alpha value is -0.160. The van der Waals surface area contributed by atoms with Crippen LogP contribution in [0.1, 0.15) is 19.3 Å². The van der Waals surface area contributed by atoms with Crippen LogP contribution in [0, 0.1) is 0 Å². The van der Waals surface area contributed by atoms with E-state index in [0.717, 1.165) is 24.0 Å². The van der Waals surface area contributed by atoms with Crippen molar-refractivity contribution in [1.29, 1.82) is 0 Å². The van der Waals surface area contributed by atoms with Crippen molar-refractivity contribution < 1.29 is 0 Å². The topological polar surface area (TPSA) is 27.6 Å². The van der Waals surface area contributed by atoms with Gasteiger partial charge in [0.05, 0.1) is 6.54 Å². The fraction of sp³-hybridized carbons (Fsp3) is 0.727. The van der Waals surface area contributed by atoms with Crippen molar-refractivity contribution in [2.75, 3.05) is 31.9 Å². The Bertz CT molecular complexity index is 250. The first-order valence-electron chi connectivity index (χ1n) is 5.77. The smallest absolute Gasteiger partial charge is 0.156 e. The maximum absolute atomic E-state index is 4.34. The number of aliphatic imine (C=N–C) groups is 1. The van der Waals surface area contributed by atoms with Crippen molar-refractivity contribution in [3.8, 4) is 0 Å². The van der Waals surface area contributed by atoms with Crippen LogP contribution in [0.5, 0.6) is 0 Å². The quantitative estimate of drug-likeness (QED) is 0.867. The van der Waals surface area contributed by atoms with E-state index in [1.54, 1.807) is 11.8 Å². The zero-order chi connectivity index (χ0) is 10.3. The second kappa shape index (κ2) is 8.01. The standard InChI is InChI=1S/C11H19N3S.BrH/c1-2-7-14(8-3-1)9-4-10-15-11-12-5-6-13-11;/h4,9H,1-3,5-8,10H2,(H,12,13);1H/b9-4+;. The summed E-state index contributed by atoms with van der Waals surface area (Å²) in [5.74, 6) is 1.03. The molecular formula is C11H20BrN3S. The lowest BCUT2D eigenvalue weighted by atomic mass is 10.1. The average molecular weight is 306 g/mol. The molecule has 92 valence electrons. The van der Waals surface area contributed by atoms with Crippen molar-refractivity contribution in [2.45, 2.75) is 19.3 Å². The molecule has 0 atom stereocenters. The summed E-state index contributed by atoms with van der Waals surface area (Å²) in [5, 5.41) is 4.37. The summed E-state index contributed by atoms with van der Waals surface area (Å²) < 4.78 is 0. The normalized spacial score (nSPS) is 20.5. The average Bonchev–Trinajstić information content (AvgIpc) is 2.79. The van der Waals surface area contributed by atoms with Gasteiger partial charge in [0, 0.05) is 25.4 Å². The van der Waals surface area contributed by atoms with Crippen molar-refractivity contribution in [3.63, 3.8) is 0 Å². The molecule has 2 aliphatic rings. The molecule has 2 rings (SSSR count). The van der Waals surface area contributed by atoms with Crippen LogP contribution in [0.4, 0.5) is 0 Å². The number of hydrogen-bond donors (Lipinski definition) is 1. The SMILES string of the molecule is Br.C(=C\N1CCCCC1)/CSC1=NCCN1. The van der Waals surface area contributed by atoms with Gasteiger partial charge in [0.2, 0.25) is 0 Å². The van der Waals surface area contributed by atoms with Gasteiger partial charge in [-0.1, -0.05) is 17.8 Å². The number of likely N-dealkylation sites (tertiary alicyclic amines) is 1. The highest BCUT2D eigenvalue weighted by Gasteiger charge is 2.05. The lowest BCUT2D eigenvalue weighted by molar-refractivity contribution is 0.309. The van der Waals surface area contributed by atoms with Crippen LogP contribution < -0.4 is 5.32 Å². The minimum absolute atomic E-state index is 0. The highest BCUT2D eigenvalue weighted by atomic mass is 79.9. The van der Waals surface area contributed by atoms with Gasteiger partial charge in [-0.3, -0.25) is 4.99 Å². The first kappa shape index (κ1) is 13.9. The van der Waals surface area contributed by atoms with E-state index in [1.807, 2.05) is 0 Å². The summed E-state index contributed by atoms with van der Waals surface area (Å²) in [6.07, 6.45) is 8.61. The Morgan fingerprint density at radius 2 is 2.12 bits per heavy atom. The zero-order valence-electron chi connectivity index (χ0n) is 9.52. The van der Waals surface area contributed by atoms with Gasteiger partial charge >= 0.3 is 0 Å². The second-order valence-corrected chi connectivity index (χ2v) is 4.91. The first-order valence-corrected chi connectivity index (χ1v) is 6.75. The molecule has 1 N–H and O–H groups in total. The first-order chi connectivity index (χ1) is 7.45. The molecule has 3 nitrogen and oxygen atoms in total. The number of nitrogens with one attached hydrogen (secondary N) is 1. The predicted octanol–water partition coefficient (Wildman–Crippen LogP) is 2.26. The lowest BCUT2D eigenvalue weighted by Crippen LogP contribution is -2.24. The Labute approximate surface area is 113 Å². The second-order valence-electron chi connectivity index (χ2n) is 3.91. The van der Waals surface area contributed by atoms with Crippen molar-refractivity contribution in [3.05, 3.63) is 12.3 Å². The van der Waals surface area contributed by atoms with Gasteiger partial charge in [0.1, 0.15) is 0 Å². The van der Waals surface area contributed by atoms with Gasteiger partial charge in [0.25, 0.3) is 0 Å². The molecule has 0 bridgehead atoms. The Balaban J connectivity index is 0.00000128. The number of nitrogens with zero attached hydrogens (tertiary/aromatic N) is 2. The highest BCUT2D eigenvalue weighted by molar-refractivity contribution is 8.93. The molecular weight excluding hydrogens is 286 g/mol. The molecule has 0 aromatic heterocycles. The summed E-state index contributed by atoms with van der Waals surface area (Å²) in [7, 11) is 0. The molecule has 2 heterocycles. The molecule has 16 heavy (non-hydrogen) atoms. The fourth-order valence-electron chi connectivity index (χ4n) is 1.86. The molecule has 0 aromatic carbocycles. The number of thioether (sulfide) groups is 1. The molecule has 1 saturated heterocycles. The third kappa shape index (κ3) is 4.78. The van der Waals surface area contributed by atoms with E-state index in [0.29, 0.717) is 0 Å². The number of amidine groups is 1. The van der Waals surface area contributed by atoms with Gasteiger partial charge in [0.15, 0.2) is 5.17 Å². The molecule has 0 aliphatic carbocycles. The van der Waals surface area contributed by atoms with E-state index in [-0.39, 0.29) is 17.0 Å². The van der Waals surface area contributed by atoms with Gasteiger partial charge < -0.3 is 10.2 Å². The van der Waals surface area contributed by atoms with Crippen LogP contribution in [0.15, 0.2) is 17.3 Å². The Morgan fingerprint density at radius 1 is 1.31 bits per heavy atom. The van der Waals surface area contributed by atoms with E-state index in [4.69, 9.17) is 0 Å². The molecule has 0 unspecified atom stereocenters. The molecule has 2 aliphatic heterocycles. The Kier molecular flexibility index (Phi) is 6.96. The van der Waals surface area contributed by atoms with E-state index >= 15 is 0 Å². The maximum Gasteiger partial charge on any atom is 0.156 e. The van der Waals surface area contributed by atoms with E-state index in [1.165, 1.54) is 32.4 Å². The zero-order valence-corrected chi connectivity index (χ0v) is 12.1. The number of piperidine rings is 1. The van der Waals surface area contributed by atoms with Gasteiger partial charge in [-0.25, -0.2) is 0 Å². The summed E-state index contributed by atoms with van der Waals surface area (Å²) in [5.41, 5.74) is 0. The van der Waals surface area contributed by atoms with Crippen LogP contribution in [0.2, 0.25) is 0 Å². The molecule has 0 saturated carbocycles. The van der Waals surface area contributed by atoms with E-state index in [2.05, 4.69) is 27.5 Å². The van der Waals surface area contributed by atoms with Crippen LogP contribution in [-0.4, -0.2) is 42.0 Å². The summed E-state index contributed by atoms with van der Waals surface area (Å²) in [6.45, 7) is 4.43. The van der Waals surface area contributed by atoms with Gasteiger partial charge in [-0.05, 0) is 25.5 Å². The van der Waals surface area contributed by atoms with E-state index < -0.39 is 0 Å². The number of hydrogen-bond acceptors (Lipinski definition) is 4. The van der Waals surface area contributed by atoms with Crippen LogP contribution in [0.25, 0.3) is 0 Å². The predicted molar refractivity (Wildman–Crippen MR) is 77.6 cm³/mol. The van der Waals surface area contributed by atoms with Crippen molar-refractivity contribution >= 4 is 33.9 Å². The van der Waals surface area contributed by atoms with Crippen LogP contribution in [-0.2, 0) is 0 Å². The number of halogens is 1. The lowest BCUT2D eigenvalue weighted by Gasteiger charge is -2.24. The largest absolute Gasteiger partial charge is 0.378 e. The summed E-state index contributed by atoms with van der Waals surface area (Å²) >= 11 is 1.80. The van der Waals surface area contributed by atoms with Gasteiger partial charge in [-0.15, -0.1) is 17.0 Å². The molecule has 0 amide bonds. The molecule has 0 aromatic rings. The van der Waals surface area contributed by atoms with Crippen molar-refractivity contribution in [1.82, 2.24) is 10.2 Å². The number of rotatable bonds is 3. The van der Waals surface area contributed by atoms with E-state index in [9.17, 15) is 0 Å². The van der Waals surface area contributed by atoms with Crippen LogP contribution in [0.3, 0.4) is 0 Å². The molecule has 5 heteroatoms. The van der Waals surface area contributed by atoms with Crippen molar-refractivity contribution in [2.24, 2.45) is 4.99 Å². The monoisotopic (exact) mass is 305 g/mol. The minimum atomic E-state index is 0. The molecule has 1 fully saturated rings. The molecule has 0 radical (unpaired) electrons.